The fourth-order valence-corrected chi connectivity index (χ4v) is 6.62. The van der Waals surface area contributed by atoms with Crippen molar-refractivity contribution in [2.24, 2.45) is 0 Å². The van der Waals surface area contributed by atoms with Gasteiger partial charge in [-0.2, -0.15) is 0 Å². The predicted molar refractivity (Wildman–Crippen MR) is 227 cm³/mol. The van der Waals surface area contributed by atoms with Crippen LogP contribution in [0.15, 0.2) is 48.6 Å². The fraction of sp³-hybridized carbons (Fsp3) is 0.787. The molecular formula is C47H85NO5. The zero-order valence-electron chi connectivity index (χ0n) is 34.9. The van der Waals surface area contributed by atoms with Gasteiger partial charge >= 0.3 is 5.97 Å². The van der Waals surface area contributed by atoms with Crippen LogP contribution in [0.3, 0.4) is 0 Å². The smallest absolute Gasteiger partial charge is 0.306 e. The summed E-state index contributed by atoms with van der Waals surface area (Å²) in [6, 6.07) is -0.710. The summed E-state index contributed by atoms with van der Waals surface area (Å²) in [5, 5.41) is 23.5. The molecule has 3 N–H and O–H groups in total. The van der Waals surface area contributed by atoms with Gasteiger partial charge in [-0.1, -0.05) is 204 Å². The van der Waals surface area contributed by atoms with Crippen LogP contribution in [0.25, 0.3) is 0 Å². The second-order valence-corrected chi connectivity index (χ2v) is 15.2. The van der Waals surface area contributed by atoms with Gasteiger partial charge < -0.3 is 20.3 Å². The monoisotopic (exact) mass is 744 g/mol. The van der Waals surface area contributed by atoms with E-state index in [0.29, 0.717) is 19.3 Å². The number of ether oxygens (including phenoxy) is 1. The van der Waals surface area contributed by atoms with E-state index in [1.165, 1.54) is 96.3 Å². The number of aliphatic hydroxyl groups excluding tert-OH is 2. The Kier molecular flexibility index (Phi) is 39.3. The highest BCUT2D eigenvalue weighted by Crippen LogP contribution is 2.17. The number of carbonyl (C=O) groups is 2. The van der Waals surface area contributed by atoms with E-state index in [1.807, 2.05) is 24.3 Å². The second-order valence-electron chi connectivity index (χ2n) is 15.2. The highest BCUT2D eigenvalue weighted by molar-refractivity contribution is 5.77. The fourth-order valence-electron chi connectivity index (χ4n) is 6.62. The molecule has 0 heterocycles. The van der Waals surface area contributed by atoms with Gasteiger partial charge in [0.2, 0.25) is 5.91 Å². The van der Waals surface area contributed by atoms with Crippen molar-refractivity contribution in [3.8, 4) is 0 Å². The SMILES string of the molecule is CC/C=C/C=C/C=C/C=C\CCCCCC(CC(=O)NC(CO)C(O)CCCCCCCCCCC)OC(=O)CCCCCCCCCCCCCC. The maximum Gasteiger partial charge on any atom is 0.306 e. The largest absolute Gasteiger partial charge is 0.462 e. The van der Waals surface area contributed by atoms with Crippen LogP contribution in [0.2, 0.25) is 0 Å². The third-order valence-electron chi connectivity index (χ3n) is 10.0. The Morgan fingerprint density at radius 2 is 1.02 bits per heavy atom. The van der Waals surface area contributed by atoms with Crippen LogP contribution >= 0.6 is 0 Å². The zero-order valence-corrected chi connectivity index (χ0v) is 34.9. The van der Waals surface area contributed by atoms with Gasteiger partial charge in [-0.25, -0.2) is 0 Å². The Morgan fingerprint density at radius 3 is 1.55 bits per heavy atom. The minimum atomic E-state index is -0.794. The summed E-state index contributed by atoms with van der Waals surface area (Å²) in [6.45, 7) is 6.29. The molecule has 0 saturated carbocycles. The molecule has 6 heteroatoms. The quantitative estimate of drug-likeness (QED) is 0.0331. The standard InChI is InChI=1S/C47H85NO5/c1-4-7-10-13-16-19-21-23-24-27-29-32-35-38-43(53-47(52)40-37-34-31-28-25-22-20-17-14-11-8-5-2)41-46(51)48-44(42-49)45(50)39-36-33-30-26-18-15-12-9-6-3/h7,10,13,16,19,21,23-24,43-45,49-50H,4-6,8-9,11-12,14-15,17-18,20,22,25-42H2,1-3H3,(H,48,51)/b10-7+,16-13+,21-19+,24-23-. The molecule has 0 radical (unpaired) electrons. The van der Waals surface area contributed by atoms with E-state index in [4.69, 9.17) is 4.74 Å². The Bertz CT molecular complexity index is 926. The molecule has 3 unspecified atom stereocenters. The van der Waals surface area contributed by atoms with E-state index < -0.39 is 18.2 Å². The molecule has 0 fully saturated rings. The van der Waals surface area contributed by atoms with Gasteiger partial charge in [0.1, 0.15) is 6.10 Å². The molecule has 53 heavy (non-hydrogen) atoms. The molecule has 0 aromatic carbocycles. The number of allylic oxidation sites excluding steroid dienone is 8. The number of amides is 1. The minimum absolute atomic E-state index is 0.0527. The topological polar surface area (TPSA) is 95.9 Å². The van der Waals surface area contributed by atoms with Crippen molar-refractivity contribution in [2.45, 2.75) is 232 Å². The van der Waals surface area contributed by atoms with Crippen LogP contribution in [0.1, 0.15) is 213 Å². The van der Waals surface area contributed by atoms with Crippen molar-refractivity contribution in [1.82, 2.24) is 5.32 Å². The second kappa shape index (κ2) is 41.0. The molecule has 0 aromatic heterocycles. The summed E-state index contributed by atoms with van der Waals surface area (Å²) in [4.78, 5) is 25.9. The van der Waals surface area contributed by atoms with Crippen molar-refractivity contribution < 1.29 is 24.5 Å². The number of hydrogen-bond donors (Lipinski definition) is 3. The van der Waals surface area contributed by atoms with Gasteiger partial charge in [0.25, 0.3) is 0 Å². The summed E-state index contributed by atoms with van der Waals surface area (Å²) >= 11 is 0. The van der Waals surface area contributed by atoms with Gasteiger partial charge in [0, 0.05) is 6.42 Å². The van der Waals surface area contributed by atoms with Crippen LogP contribution in [0.5, 0.6) is 0 Å². The first-order chi connectivity index (χ1) is 26.0. The van der Waals surface area contributed by atoms with E-state index in [9.17, 15) is 19.8 Å². The van der Waals surface area contributed by atoms with Crippen molar-refractivity contribution in [3.05, 3.63) is 48.6 Å². The van der Waals surface area contributed by atoms with Crippen molar-refractivity contribution in [1.29, 1.82) is 0 Å². The molecule has 0 saturated heterocycles. The summed E-state index contributed by atoms with van der Waals surface area (Å²) in [5.74, 6) is -0.514. The van der Waals surface area contributed by atoms with Crippen molar-refractivity contribution in [3.63, 3.8) is 0 Å². The van der Waals surface area contributed by atoms with Crippen LogP contribution < -0.4 is 5.32 Å². The molecule has 0 rings (SSSR count). The van der Waals surface area contributed by atoms with E-state index >= 15 is 0 Å². The molecule has 1 amide bonds. The molecule has 0 spiro atoms. The van der Waals surface area contributed by atoms with E-state index in [2.05, 4.69) is 50.4 Å². The van der Waals surface area contributed by atoms with Gasteiger partial charge in [0.15, 0.2) is 0 Å². The first kappa shape index (κ1) is 50.8. The normalized spacial score (nSPS) is 13.8. The Balaban J connectivity index is 4.68. The van der Waals surface area contributed by atoms with Crippen LogP contribution in [-0.2, 0) is 14.3 Å². The molecule has 0 aromatic rings. The number of carbonyl (C=O) groups excluding carboxylic acids is 2. The maximum absolute atomic E-state index is 13.1. The number of rotatable bonds is 39. The molecule has 3 atom stereocenters. The van der Waals surface area contributed by atoms with Gasteiger partial charge in [-0.05, 0) is 44.9 Å². The first-order valence-electron chi connectivity index (χ1n) is 22.4. The van der Waals surface area contributed by atoms with Crippen LogP contribution in [0.4, 0.5) is 0 Å². The van der Waals surface area contributed by atoms with Crippen LogP contribution in [-0.4, -0.2) is 46.9 Å². The van der Waals surface area contributed by atoms with Gasteiger partial charge in [-0.3, -0.25) is 9.59 Å². The number of aliphatic hydroxyl groups is 2. The summed E-state index contributed by atoms with van der Waals surface area (Å²) < 4.78 is 5.88. The Labute approximate surface area is 327 Å². The zero-order chi connectivity index (χ0) is 38.9. The summed E-state index contributed by atoms with van der Waals surface area (Å²) in [7, 11) is 0. The third-order valence-corrected chi connectivity index (χ3v) is 10.0. The minimum Gasteiger partial charge on any atom is -0.462 e. The summed E-state index contributed by atoms with van der Waals surface area (Å²) in [6.07, 6.45) is 47.4. The number of nitrogens with one attached hydrogen (secondary N) is 1. The van der Waals surface area contributed by atoms with Crippen LogP contribution in [0, 0.1) is 0 Å². The average molecular weight is 744 g/mol. The van der Waals surface area contributed by atoms with E-state index in [-0.39, 0.29) is 24.9 Å². The van der Waals surface area contributed by atoms with Crippen molar-refractivity contribution >= 4 is 11.9 Å². The number of hydrogen-bond acceptors (Lipinski definition) is 5. The highest BCUT2D eigenvalue weighted by Gasteiger charge is 2.24. The molecule has 0 aliphatic rings. The first-order valence-corrected chi connectivity index (χ1v) is 22.4. The van der Waals surface area contributed by atoms with E-state index in [1.54, 1.807) is 0 Å². The van der Waals surface area contributed by atoms with Crippen molar-refractivity contribution in [2.75, 3.05) is 6.61 Å². The molecule has 308 valence electrons. The third kappa shape index (κ3) is 36.6. The summed E-state index contributed by atoms with van der Waals surface area (Å²) in [5.41, 5.74) is 0. The average Bonchev–Trinajstić information content (AvgIpc) is 3.15. The molecule has 0 aliphatic carbocycles. The van der Waals surface area contributed by atoms with E-state index in [0.717, 1.165) is 70.6 Å². The highest BCUT2D eigenvalue weighted by atomic mass is 16.5. The van der Waals surface area contributed by atoms with Gasteiger partial charge in [0.05, 0.1) is 25.2 Å². The van der Waals surface area contributed by atoms with Gasteiger partial charge in [-0.15, -0.1) is 0 Å². The predicted octanol–water partition coefficient (Wildman–Crippen LogP) is 12.7. The lowest BCUT2D eigenvalue weighted by Gasteiger charge is -2.24. The lowest BCUT2D eigenvalue weighted by molar-refractivity contribution is -0.151. The molecular weight excluding hydrogens is 659 g/mol. The lowest BCUT2D eigenvalue weighted by Crippen LogP contribution is -2.46. The number of unbranched alkanes of at least 4 members (excludes halogenated alkanes) is 22. The molecule has 6 nitrogen and oxygen atoms in total. The lowest BCUT2D eigenvalue weighted by atomic mass is 10.0. The molecule has 0 aliphatic heterocycles. The maximum atomic E-state index is 13.1. The Morgan fingerprint density at radius 1 is 0.566 bits per heavy atom. The number of esters is 1. The molecule has 0 bridgehead atoms. The Hall–Kier alpha value is -2.18.